The Morgan fingerprint density at radius 1 is 1.07 bits per heavy atom. The second-order valence-corrected chi connectivity index (χ2v) is 2.69. The molecule has 0 bridgehead atoms. The molecule has 80 valence electrons. The molecule has 0 aromatic heterocycles. The van der Waals surface area contributed by atoms with E-state index < -0.39 is 0 Å². The molecule has 1 heteroatoms. The predicted octanol–water partition coefficient (Wildman–Crippen LogP) is 4.30. The van der Waals surface area contributed by atoms with E-state index in [1.54, 1.807) is 12.2 Å². The van der Waals surface area contributed by atoms with Crippen molar-refractivity contribution in [2.24, 2.45) is 0 Å². The Kier molecular flexibility index (Phi) is 7.79. The molecular formula is C14H18O. The minimum atomic E-state index is 0.718. The molecule has 0 rings (SSSR count). The minimum absolute atomic E-state index is 0.718. The second kappa shape index (κ2) is 8.82. The van der Waals surface area contributed by atoms with Gasteiger partial charge in [0.1, 0.15) is 11.5 Å². The normalized spacial score (nSPS) is 13.5. The van der Waals surface area contributed by atoms with E-state index >= 15 is 0 Å². The highest BCUT2D eigenvalue weighted by molar-refractivity contribution is 5.23. The molecule has 0 atom stereocenters. The van der Waals surface area contributed by atoms with Gasteiger partial charge in [-0.25, -0.2) is 0 Å². The van der Waals surface area contributed by atoms with Gasteiger partial charge in [-0.05, 0) is 38.2 Å². The van der Waals surface area contributed by atoms with Crippen LogP contribution in [0.15, 0.2) is 73.3 Å². The van der Waals surface area contributed by atoms with Crippen molar-refractivity contribution < 1.29 is 4.74 Å². The Balaban J connectivity index is 4.58. The molecule has 0 spiro atoms. The number of hydrogen-bond donors (Lipinski definition) is 0. The lowest BCUT2D eigenvalue weighted by atomic mass is 10.3. The van der Waals surface area contributed by atoms with Gasteiger partial charge in [0.05, 0.1) is 0 Å². The molecule has 0 unspecified atom stereocenters. The van der Waals surface area contributed by atoms with E-state index in [9.17, 15) is 0 Å². The van der Waals surface area contributed by atoms with Crippen LogP contribution in [0.1, 0.15) is 13.8 Å². The first kappa shape index (κ1) is 13.2. The van der Waals surface area contributed by atoms with Gasteiger partial charge in [-0.3, -0.25) is 0 Å². The molecule has 0 fully saturated rings. The van der Waals surface area contributed by atoms with E-state index in [0.29, 0.717) is 0 Å². The Morgan fingerprint density at radius 3 is 2.27 bits per heavy atom. The van der Waals surface area contributed by atoms with Crippen LogP contribution in [-0.2, 0) is 4.74 Å². The molecular weight excluding hydrogens is 184 g/mol. The van der Waals surface area contributed by atoms with Gasteiger partial charge in [-0.15, -0.1) is 0 Å². The largest absolute Gasteiger partial charge is 0.458 e. The summed E-state index contributed by atoms with van der Waals surface area (Å²) in [6.07, 6.45) is 14.6. The highest BCUT2D eigenvalue weighted by Crippen LogP contribution is 2.09. The molecule has 0 aromatic carbocycles. The summed E-state index contributed by atoms with van der Waals surface area (Å²) >= 11 is 0. The smallest absolute Gasteiger partial charge is 0.126 e. The van der Waals surface area contributed by atoms with Crippen molar-refractivity contribution >= 4 is 0 Å². The standard InChI is InChI=1S/C14H18O/c1-5-9-11-13(7-3)15-14(8-4)12-10-6-2/h5-12H,1,4H2,2-3H3/b10-6-,11-9-,13-7+,14-12+. The van der Waals surface area contributed by atoms with Crippen molar-refractivity contribution in [1.82, 2.24) is 0 Å². The van der Waals surface area contributed by atoms with E-state index in [1.807, 2.05) is 50.3 Å². The fraction of sp³-hybridized carbons (Fsp3) is 0.143. The van der Waals surface area contributed by atoms with Gasteiger partial charge in [0.25, 0.3) is 0 Å². The molecule has 0 saturated carbocycles. The van der Waals surface area contributed by atoms with Crippen LogP contribution < -0.4 is 0 Å². The quantitative estimate of drug-likeness (QED) is 0.461. The lowest BCUT2D eigenvalue weighted by molar-refractivity contribution is 0.335. The number of rotatable bonds is 6. The Morgan fingerprint density at radius 2 is 1.80 bits per heavy atom. The van der Waals surface area contributed by atoms with Crippen LogP contribution in [0.3, 0.4) is 0 Å². The van der Waals surface area contributed by atoms with Gasteiger partial charge in [-0.2, -0.15) is 0 Å². The summed E-state index contributed by atoms with van der Waals surface area (Å²) in [5.41, 5.74) is 0. The zero-order valence-electron chi connectivity index (χ0n) is 9.44. The minimum Gasteiger partial charge on any atom is -0.458 e. The molecule has 0 amide bonds. The van der Waals surface area contributed by atoms with Crippen molar-refractivity contribution in [2.45, 2.75) is 13.8 Å². The van der Waals surface area contributed by atoms with Gasteiger partial charge < -0.3 is 4.74 Å². The van der Waals surface area contributed by atoms with E-state index in [1.165, 1.54) is 0 Å². The molecule has 0 N–H and O–H groups in total. The topological polar surface area (TPSA) is 9.23 Å². The lowest BCUT2D eigenvalue weighted by Gasteiger charge is -2.05. The molecule has 0 heterocycles. The number of ether oxygens (including phenoxy) is 1. The van der Waals surface area contributed by atoms with Gasteiger partial charge >= 0.3 is 0 Å². The Labute approximate surface area is 92.5 Å². The number of hydrogen-bond acceptors (Lipinski definition) is 1. The summed E-state index contributed by atoms with van der Waals surface area (Å²) in [5, 5.41) is 0. The van der Waals surface area contributed by atoms with Gasteiger partial charge in [-0.1, -0.05) is 37.5 Å². The second-order valence-electron chi connectivity index (χ2n) is 2.69. The monoisotopic (exact) mass is 202 g/mol. The summed E-state index contributed by atoms with van der Waals surface area (Å²) in [6, 6.07) is 0. The number of allylic oxidation sites excluding steroid dienone is 8. The maximum atomic E-state index is 5.57. The summed E-state index contributed by atoms with van der Waals surface area (Å²) in [5.74, 6) is 1.49. The van der Waals surface area contributed by atoms with E-state index in [0.717, 1.165) is 11.5 Å². The van der Waals surface area contributed by atoms with Crippen molar-refractivity contribution in [3.05, 3.63) is 73.3 Å². The molecule has 0 radical (unpaired) electrons. The molecule has 0 aromatic rings. The van der Waals surface area contributed by atoms with Gasteiger partial charge in [0.15, 0.2) is 0 Å². The van der Waals surface area contributed by atoms with Crippen LogP contribution in [0, 0.1) is 0 Å². The van der Waals surface area contributed by atoms with Crippen molar-refractivity contribution in [1.29, 1.82) is 0 Å². The zero-order valence-corrected chi connectivity index (χ0v) is 9.44. The van der Waals surface area contributed by atoms with Crippen LogP contribution in [0.25, 0.3) is 0 Å². The van der Waals surface area contributed by atoms with Crippen LogP contribution in [0.5, 0.6) is 0 Å². The fourth-order valence-corrected chi connectivity index (χ4v) is 0.823. The first-order valence-corrected chi connectivity index (χ1v) is 4.87. The van der Waals surface area contributed by atoms with E-state index in [2.05, 4.69) is 13.2 Å². The first-order chi connectivity index (χ1) is 7.28. The maximum absolute atomic E-state index is 5.57. The highest BCUT2D eigenvalue weighted by atomic mass is 16.5. The average molecular weight is 202 g/mol. The van der Waals surface area contributed by atoms with Crippen molar-refractivity contribution in [3.63, 3.8) is 0 Å². The lowest BCUT2D eigenvalue weighted by Crippen LogP contribution is -1.87. The summed E-state index contributed by atoms with van der Waals surface area (Å²) < 4.78 is 5.57. The molecule has 1 nitrogen and oxygen atoms in total. The third-order valence-electron chi connectivity index (χ3n) is 1.57. The highest BCUT2D eigenvalue weighted by Gasteiger charge is 1.93. The fourth-order valence-electron chi connectivity index (χ4n) is 0.823. The summed E-state index contributed by atoms with van der Waals surface area (Å²) in [6.45, 7) is 11.1. The Hall–Kier alpha value is -1.76. The molecule has 0 aliphatic rings. The van der Waals surface area contributed by atoms with Gasteiger partial charge in [0.2, 0.25) is 0 Å². The average Bonchev–Trinajstić information content (AvgIpc) is 2.28. The van der Waals surface area contributed by atoms with E-state index in [-0.39, 0.29) is 0 Å². The zero-order chi connectivity index (χ0) is 11.5. The third kappa shape index (κ3) is 6.33. The van der Waals surface area contributed by atoms with Crippen LogP contribution in [0.4, 0.5) is 0 Å². The summed E-state index contributed by atoms with van der Waals surface area (Å²) in [7, 11) is 0. The van der Waals surface area contributed by atoms with Gasteiger partial charge in [0, 0.05) is 0 Å². The van der Waals surface area contributed by atoms with Crippen LogP contribution in [-0.4, -0.2) is 0 Å². The van der Waals surface area contributed by atoms with Crippen LogP contribution in [0.2, 0.25) is 0 Å². The van der Waals surface area contributed by atoms with Crippen LogP contribution >= 0.6 is 0 Å². The molecule has 15 heavy (non-hydrogen) atoms. The third-order valence-corrected chi connectivity index (χ3v) is 1.57. The Bertz CT molecular complexity index is 314. The van der Waals surface area contributed by atoms with E-state index in [4.69, 9.17) is 4.74 Å². The summed E-state index contributed by atoms with van der Waals surface area (Å²) in [4.78, 5) is 0. The predicted molar refractivity (Wildman–Crippen MR) is 67.3 cm³/mol. The van der Waals surface area contributed by atoms with Crippen molar-refractivity contribution in [2.75, 3.05) is 0 Å². The molecule has 0 saturated heterocycles. The maximum Gasteiger partial charge on any atom is 0.126 e. The van der Waals surface area contributed by atoms with Crippen molar-refractivity contribution in [3.8, 4) is 0 Å². The SMILES string of the molecule is C=C/C=C\C(=C/C)O/C(C=C)=C/C=C\C. The molecule has 0 aliphatic heterocycles. The first-order valence-electron chi connectivity index (χ1n) is 4.87. The molecule has 0 aliphatic carbocycles.